The maximum absolute atomic E-state index is 12.8. The van der Waals surface area contributed by atoms with Crippen LogP contribution in [-0.2, 0) is 0 Å². The van der Waals surface area contributed by atoms with E-state index in [0.717, 1.165) is 5.69 Å². The summed E-state index contributed by atoms with van der Waals surface area (Å²) in [5, 5.41) is 3.01. The molecule has 4 heteroatoms. The maximum Gasteiger partial charge on any atom is 0.181 e. The number of benzene rings is 2. The standard InChI is InChI=1S/C15H14FNO2/c1-19-15-5-3-2-4-13(15)17-10-14(18)11-6-8-12(16)9-7-11/h2-9,17H,10H2,1H3. The molecular formula is C15H14FNO2. The first-order valence-corrected chi connectivity index (χ1v) is 5.86. The van der Waals surface area contributed by atoms with Crippen molar-refractivity contribution in [3.8, 4) is 5.75 Å². The fourth-order valence-corrected chi connectivity index (χ4v) is 1.70. The van der Waals surface area contributed by atoms with Crippen LogP contribution in [0.3, 0.4) is 0 Å². The first kappa shape index (κ1) is 13.1. The van der Waals surface area contributed by atoms with Crippen LogP contribution < -0.4 is 10.1 Å². The van der Waals surface area contributed by atoms with E-state index in [9.17, 15) is 9.18 Å². The molecule has 0 atom stereocenters. The molecule has 98 valence electrons. The van der Waals surface area contributed by atoms with E-state index in [4.69, 9.17) is 4.74 Å². The van der Waals surface area contributed by atoms with Crippen molar-refractivity contribution in [2.45, 2.75) is 0 Å². The summed E-state index contributed by atoms with van der Waals surface area (Å²) in [4.78, 5) is 11.9. The topological polar surface area (TPSA) is 38.3 Å². The molecule has 0 aromatic heterocycles. The van der Waals surface area contributed by atoms with Crippen molar-refractivity contribution in [3.05, 3.63) is 59.9 Å². The monoisotopic (exact) mass is 259 g/mol. The molecule has 0 saturated heterocycles. The normalized spacial score (nSPS) is 10.0. The molecule has 0 aliphatic heterocycles. The third-order valence-corrected chi connectivity index (χ3v) is 2.71. The van der Waals surface area contributed by atoms with Crippen molar-refractivity contribution in [1.82, 2.24) is 0 Å². The molecule has 0 aliphatic rings. The quantitative estimate of drug-likeness (QED) is 0.838. The summed E-state index contributed by atoms with van der Waals surface area (Å²) in [5.74, 6) is 0.217. The largest absolute Gasteiger partial charge is 0.495 e. The van der Waals surface area contributed by atoms with Crippen LogP contribution in [0.25, 0.3) is 0 Å². The van der Waals surface area contributed by atoms with Gasteiger partial charge in [-0.2, -0.15) is 0 Å². The molecular weight excluding hydrogens is 245 g/mol. The summed E-state index contributed by atoms with van der Waals surface area (Å²) in [5.41, 5.74) is 1.23. The van der Waals surface area contributed by atoms with Gasteiger partial charge in [0.25, 0.3) is 0 Å². The van der Waals surface area contributed by atoms with Crippen LogP contribution in [-0.4, -0.2) is 19.4 Å². The highest BCUT2D eigenvalue weighted by atomic mass is 19.1. The molecule has 0 unspecified atom stereocenters. The van der Waals surface area contributed by atoms with E-state index in [2.05, 4.69) is 5.32 Å². The van der Waals surface area contributed by atoms with Gasteiger partial charge in [-0.05, 0) is 36.4 Å². The average Bonchev–Trinajstić information content (AvgIpc) is 2.45. The summed E-state index contributed by atoms with van der Waals surface area (Å²) >= 11 is 0. The van der Waals surface area contributed by atoms with Gasteiger partial charge in [-0.1, -0.05) is 12.1 Å². The van der Waals surface area contributed by atoms with Crippen molar-refractivity contribution in [3.63, 3.8) is 0 Å². The Labute approximate surface area is 111 Å². The number of ketones is 1. The molecule has 0 amide bonds. The van der Waals surface area contributed by atoms with Gasteiger partial charge >= 0.3 is 0 Å². The summed E-state index contributed by atoms with van der Waals surface area (Å²) in [6.45, 7) is 0.131. The van der Waals surface area contributed by atoms with Gasteiger partial charge in [-0.3, -0.25) is 4.79 Å². The van der Waals surface area contributed by atoms with Crippen LogP contribution in [0.4, 0.5) is 10.1 Å². The minimum absolute atomic E-state index is 0.106. The number of methoxy groups -OCH3 is 1. The van der Waals surface area contributed by atoms with E-state index >= 15 is 0 Å². The molecule has 0 heterocycles. The summed E-state index contributed by atoms with van der Waals surface area (Å²) in [6, 6.07) is 12.8. The third kappa shape index (κ3) is 3.31. The number of Topliss-reactive ketones (excluding diaryl/α,β-unsaturated/α-hetero) is 1. The first-order valence-electron chi connectivity index (χ1n) is 5.86. The number of hydrogen-bond acceptors (Lipinski definition) is 3. The number of para-hydroxylation sites is 2. The van der Waals surface area contributed by atoms with E-state index in [1.807, 2.05) is 24.3 Å². The Kier molecular flexibility index (Phi) is 4.13. The number of anilines is 1. The van der Waals surface area contributed by atoms with Crippen molar-refractivity contribution in [2.75, 3.05) is 19.0 Å². The highest BCUT2D eigenvalue weighted by Gasteiger charge is 2.07. The van der Waals surface area contributed by atoms with Gasteiger partial charge < -0.3 is 10.1 Å². The van der Waals surface area contributed by atoms with Gasteiger partial charge in [0.2, 0.25) is 0 Å². The van der Waals surface area contributed by atoms with Gasteiger partial charge in [-0.25, -0.2) is 4.39 Å². The summed E-state index contributed by atoms with van der Waals surface area (Å²) in [7, 11) is 1.57. The van der Waals surface area contributed by atoms with Crippen LogP contribution in [0.2, 0.25) is 0 Å². The smallest absolute Gasteiger partial charge is 0.181 e. The molecule has 0 radical (unpaired) electrons. The summed E-state index contributed by atoms with van der Waals surface area (Å²) in [6.07, 6.45) is 0. The van der Waals surface area contributed by atoms with E-state index in [-0.39, 0.29) is 18.1 Å². The molecule has 0 fully saturated rings. The fraction of sp³-hybridized carbons (Fsp3) is 0.133. The highest BCUT2D eigenvalue weighted by molar-refractivity contribution is 5.99. The number of halogens is 1. The molecule has 3 nitrogen and oxygen atoms in total. The van der Waals surface area contributed by atoms with E-state index in [1.54, 1.807) is 7.11 Å². The van der Waals surface area contributed by atoms with Crippen molar-refractivity contribution >= 4 is 11.5 Å². The minimum atomic E-state index is -0.353. The molecule has 0 bridgehead atoms. The number of carbonyl (C=O) groups is 1. The Balaban J connectivity index is 2.02. The highest BCUT2D eigenvalue weighted by Crippen LogP contribution is 2.22. The Morgan fingerprint density at radius 2 is 1.84 bits per heavy atom. The van der Waals surface area contributed by atoms with Gasteiger partial charge in [0.15, 0.2) is 5.78 Å². The maximum atomic E-state index is 12.8. The molecule has 2 aromatic carbocycles. The zero-order valence-corrected chi connectivity index (χ0v) is 10.5. The second-order valence-corrected chi connectivity index (χ2v) is 3.98. The third-order valence-electron chi connectivity index (χ3n) is 2.71. The van der Waals surface area contributed by atoms with Gasteiger partial charge in [0.1, 0.15) is 11.6 Å². The Morgan fingerprint density at radius 1 is 1.16 bits per heavy atom. The lowest BCUT2D eigenvalue weighted by Gasteiger charge is -2.10. The average molecular weight is 259 g/mol. The number of carbonyl (C=O) groups excluding carboxylic acids is 1. The molecule has 2 aromatic rings. The zero-order valence-electron chi connectivity index (χ0n) is 10.5. The van der Waals surface area contributed by atoms with Crippen LogP contribution in [0, 0.1) is 5.82 Å². The number of nitrogens with one attached hydrogen (secondary N) is 1. The predicted octanol–water partition coefficient (Wildman–Crippen LogP) is 3.13. The van der Waals surface area contributed by atoms with E-state index < -0.39 is 0 Å². The van der Waals surface area contributed by atoms with Gasteiger partial charge in [0, 0.05) is 5.56 Å². The number of hydrogen-bond donors (Lipinski definition) is 1. The number of rotatable bonds is 5. The van der Waals surface area contributed by atoms with Crippen LogP contribution in [0.1, 0.15) is 10.4 Å². The lowest BCUT2D eigenvalue weighted by atomic mass is 10.1. The zero-order chi connectivity index (χ0) is 13.7. The minimum Gasteiger partial charge on any atom is -0.495 e. The fourth-order valence-electron chi connectivity index (χ4n) is 1.70. The Bertz CT molecular complexity index is 567. The van der Waals surface area contributed by atoms with E-state index in [1.165, 1.54) is 24.3 Å². The van der Waals surface area contributed by atoms with Gasteiger partial charge in [0.05, 0.1) is 19.3 Å². The number of ether oxygens (including phenoxy) is 1. The van der Waals surface area contributed by atoms with Crippen molar-refractivity contribution < 1.29 is 13.9 Å². The van der Waals surface area contributed by atoms with Crippen LogP contribution in [0.15, 0.2) is 48.5 Å². The lowest BCUT2D eigenvalue weighted by Crippen LogP contribution is -2.14. The second kappa shape index (κ2) is 6.00. The lowest BCUT2D eigenvalue weighted by molar-refractivity contribution is 0.101. The van der Waals surface area contributed by atoms with E-state index in [0.29, 0.717) is 11.3 Å². The molecule has 2 rings (SSSR count). The Morgan fingerprint density at radius 3 is 2.53 bits per heavy atom. The molecule has 19 heavy (non-hydrogen) atoms. The molecule has 0 spiro atoms. The van der Waals surface area contributed by atoms with Gasteiger partial charge in [-0.15, -0.1) is 0 Å². The first-order chi connectivity index (χ1) is 9.20. The van der Waals surface area contributed by atoms with Crippen LogP contribution in [0.5, 0.6) is 5.75 Å². The molecule has 0 aliphatic carbocycles. The molecule has 1 N–H and O–H groups in total. The molecule has 0 saturated carbocycles. The second-order valence-electron chi connectivity index (χ2n) is 3.98. The SMILES string of the molecule is COc1ccccc1NCC(=O)c1ccc(F)cc1. The van der Waals surface area contributed by atoms with Crippen LogP contribution >= 0.6 is 0 Å². The van der Waals surface area contributed by atoms with Crippen molar-refractivity contribution in [1.29, 1.82) is 0 Å². The summed E-state index contributed by atoms with van der Waals surface area (Å²) < 4.78 is 17.9. The Hall–Kier alpha value is -2.36. The van der Waals surface area contributed by atoms with Crippen molar-refractivity contribution in [2.24, 2.45) is 0 Å². The predicted molar refractivity (Wildman–Crippen MR) is 72.2 cm³/mol.